The summed E-state index contributed by atoms with van der Waals surface area (Å²) in [6.07, 6.45) is -0.211. The van der Waals surface area contributed by atoms with Crippen molar-refractivity contribution < 1.29 is 34.2 Å². The van der Waals surface area contributed by atoms with Crippen LogP contribution in [0.5, 0.6) is 0 Å². The second kappa shape index (κ2) is 12.7. The number of aliphatic hydroxyl groups is 1. The largest absolute Gasteiger partial charge is 0.480 e. The molecule has 12 nitrogen and oxygen atoms in total. The van der Waals surface area contributed by atoms with Crippen LogP contribution in [0, 0.1) is 5.92 Å². The van der Waals surface area contributed by atoms with Gasteiger partial charge in [0.2, 0.25) is 23.6 Å². The predicted molar refractivity (Wildman–Crippen MR) is 102 cm³/mol. The van der Waals surface area contributed by atoms with E-state index in [9.17, 15) is 29.1 Å². The summed E-state index contributed by atoms with van der Waals surface area (Å²) in [5, 5.41) is 25.1. The number of hydrogen-bond acceptors (Lipinski definition) is 7. The van der Waals surface area contributed by atoms with Crippen LogP contribution in [0.15, 0.2) is 0 Å². The smallest absolute Gasteiger partial charge is 0.326 e. The molecule has 0 bridgehead atoms. The van der Waals surface area contributed by atoms with Gasteiger partial charge in [-0.2, -0.15) is 0 Å². The Hall–Kier alpha value is -2.73. The van der Waals surface area contributed by atoms with Crippen molar-refractivity contribution in [3.05, 3.63) is 0 Å². The molecule has 0 aromatic heterocycles. The summed E-state index contributed by atoms with van der Waals surface area (Å²) < 4.78 is 0. The van der Waals surface area contributed by atoms with Gasteiger partial charge in [0.1, 0.15) is 24.2 Å². The number of aliphatic carboxylic acids is 1. The molecule has 4 amide bonds. The summed E-state index contributed by atoms with van der Waals surface area (Å²) >= 11 is 0. The summed E-state index contributed by atoms with van der Waals surface area (Å²) in [5.41, 5.74) is 10.4. The van der Waals surface area contributed by atoms with Gasteiger partial charge >= 0.3 is 5.97 Å². The lowest BCUT2D eigenvalue weighted by Gasteiger charge is -2.24. The van der Waals surface area contributed by atoms with Crippen LogP contribution >= 0.6 is 0 Å². The van der Waals surface area contributed by atoms with Crippen molar-refractivity contribution in [1.82, 2.24) is 16.0 Å². The molecule has 0 rings (SSSR count). The molecule has 4 atom stereocenters. The Morgan fingerprint density at radius 3 is 1.90 bits per heavy atom. The van der Waals surface area contributed by atoms with Gasteiger partial charge in [0.15, 0.2) is 0 Å². The number of primary amides is 1. The molecule has 0 fully saturated rings. The SMILES string of the molecule is CC(C)CC(NC(=O)C(CCC(N)=O)NC(=O)C(C)NC(=O)C(N)CO)C(=O)O. The minimum Gasteiger partial charge on any atom is -0.480 e. The zero-order chi connectivity index (χ0) is 22.7. The average molecular weight is 417 g/mol. The summed E-state index contributed by atoms with van der Waals surface area (Å²) in [7, 11) is 0. The highest BCUT2D eigenvalue weighted by Crippen LogP contribution is 2.07. The topological polar surface area (TPSA) is 214 Å². The van der Waals surface area contributed by atoms with Crippen molar-refractivity contribution in [2.24, 2.45) is 17.4 Å². The molecule has 0 spiro atoms. The summed E-state index contributed by atoms with van der Waals surface area (Å²) in [5.74, 6) is -4.27. The number of carboxylic acids is 1. The zero-order valence-corrected chi connectivity index (χ0v) is 16.8. The van der Waals surface area contributed by atoms with Crippen molar-refractivity contribution in [2.75, 3.05) is 6.61 Å². The lowest BCUT2D eigenvalue weighted by Crippen LogP contribution is -2.56. The van der Waals surface area contributed by atoms with Gasteiger partial charge in [0.05, 0.1) is 6.61 Å². The quantitative estimate of drug-likeness (QED) is 0.165. The highest BCUT2D eigenvalue weighted by molar-refractivity contribution is 5.94. The van der Waals surface area contributed by atoms with E-state index < -0.39 is 60.4 Å². The molecule has 0 aliphatic carbocycles. The summed E-state index contributed by atoms with van der Waals surface area (Å²) in [6.45, 7) is 4.29. The van der Waals surface area contributed by atoms with E-state index in [1.165, 1.54) is 6.92 Å². The molecule has 0 aromatic rings. The Morgan fingerprint density at radius 1 is 0.897 bits per heavy atom. The Labute approximate surface area is 168 Å². The second-order valence-electron chi connectivity index (χ2n) is 7.11. The molecule has 12 heteroatoms. The Bertz CT molecular complexity index is 611. The number of nitrogens with one attached hydrogen (secondary N) is 3. The molecule has 0 saturated heterocycles. The fourth-order valence-electron chi connectivity index (χ4n) is 2.29. The standard InChI is InChI=1S/C17H31N5O7/c1-8(2)6-12(17(28)29)22-16(27)11(4-5-13(19)24)21-14(25)9(3)20-15(26)10(18)7-23/h8-12,23H,4-7,18H2,1-3H3,(H2,19,24)(H,20,26)(H,21,25)(H,22,27)(H,28,29). The molecule has 0 aromatic carbocycles. The van der Waals surface area contributed by atoms with E-state index in [2.05, 4.69) is 16.0 Å². The third kappa shape index (κ3) is 10.4. The maximum atomic E-state index is 12.5. The number of carbonyl (C=O) groups is 5. The van der Waals surface area contributed by atoms with E-state index in [4.69, 9.17) is 16.6 Å². The van der Waals surface area contributed by atoms with Gasteiger partial charge in [-0.3, -0.25) is 19.2 Å². The van der Waals surface area contributed by atoms with Crippen LogP contribution in [0.3, 0.4) is 0 Å². The minimum absolute atomic E-state index is 0.0129. The van der Waals surface area contributed by atoms with Gasteiger partial charge in [0.25, 0.3) is 0 Å². The highest BCUT2D eigenvalue weighted by Gasteiger charge is 2.29. The van der Waals surface area contributed by atoms with Crippen LogP contribution in [-0.4, -0.2) is 70.6 Å². The fraction of sp³-hybridized carbons (Fsp3) is 0.706. The number of hydrogen-bond donors (Lipinski definition) is 7. The van der Waals surface area contributed by atoms with Gasteiger partial charge in [-0.05, 0) is 25.7 Å². The maximum Gasteiger partial charge on any atom is 0.326 e. The molecule has 166 valence electrons. The van der Waals surface area contributed by atoms with Gasteiger partial charge in [0, 0.05) is 6.42 Å². The molecule has 0 saturated carbocycles. The van der Waals surface area contributed by atoms with Crippen LogP contribution in [0.25, 0.3) is 0 Å². The molecule has 0 heterocycles. The Morgan fingerprint density at radius 2 is 1.45 bits per heavy atom. The average Bonchev–Trinajstić information content (AvgIpc) is 2.62. The first-order chi connectivity index (χ1) is 13.4. The van der Waals surface area contributed by atoms with Gasteiger partial charge in [-0.25, -0.2) is 4.79 Å². The predicted octanol–water partition coefficient (Wildman–Crippen LogP) is -2.82. The van der Waals surface area contributed by atoms with Gasteiger partial charge in [-0.1, -0.05) is 13.8 Å². The number of carbonyl (C=O) groups excluding carboxylic acids is 4. The van der Waals surface area contributed by atoms with E-state index in [1.807, 2.05) is 0 Å². The Balaban J connectivity index is 5.17. The number of rotatable bonds is 13. The zero-order valence-electron chi connectivity index (χ0n) is 16.8. The van der Waals surface area contributed by atoms with E-state index in [1.54, 1.807) is 13.8 Å². The van der Waals surface area contributed by atoms with Crippen LogP contribution in [0.2, 0.25) is 0 Å². The lowest BCUT2D eigenvalue weighted by atomic mass is 10.0. The van der Waals surface area contributed by atoms with Crippen LogP contribution in [0.4, 0.5) is 0 Å². The first-order valence-electron chi connectivity index (χ1n) is 9.17. The maximum absolute atomic E-state index is 12.5. The van der Waals surface area contributed by atoms with Crippen molar-refractivity contribution in [2.45, 2.75) is 64.2 Å². The van der Waals surface area contributed by atoms with Crippen LogP contribution < -0.4 is 27.4 Å². The molecular weight excluding hydrogens is 386 g/mol. The third-order valence-electron chi connectivity index (χ3n) is 3.92. The molecule has 4 unspecified atom stereocenters. The van der Waals surface area contributed by atoms with E-state index in [0.717, 1.165) is 0 Å². The van der Waals surface area contributed by atoms with Crippen molar-refractivity contribution in [3.8, 4) is 0 Å². The van der Waals surface area contributed by atoms with Crippen LogP contribution in [-0.2, 0) is 24.0 Å². The van der Waals surface area contributed by atoms with Crippen molar-refractivity contribution >= 4 is 29.6 Å². The van der Waals surface area contributed by atoms with E-state index in [-0.39, 0.29) is 25.2 Å². The number of aliphatic hydroxyl groups excluding tert-OH is 1. The molecule has 0 radical (unpaired) electrons. The van der Waals surface area contributed by atoms with Gasteiger partial charge in [-0.15, -0.1) is 0 Å². The Kier molecular flexibility index (Phi) is 11.5. The number of carboxylic acid groups (broad SMARTS) is 1. The first kappa shape index (κ1) is 26.3. The normalized spacial score (nSPS) is 15.0. The number of nitrogens with two attached hydrogens (primary N) is 2. The fourth-order valence-corrected chi connectivity index (χ4v) is 2.29. The van der Waals surface area contributed by atoms with E-state index in [0.29, 0.717) is 0 Å². The summed E-state index contributed by atoms with van der Waals surface area (Å²) in [6, 6.07) is -4.73. The monoisotopic (exact) mass is 417 g/mol. The molecule has 0 aliphatic rings. The van der Waals surface area contributed by atoms with Crippen molar-refractivity contribution in [1.29, 1.82) is 0 Å². The second-order valence-corrected chi connectivity index (χ2v) is 7.11. The van der Waals surface area contributed by atoms with Gasteiger partial charge < -0.3 is 37.6 Å². The molecular formula is C17H31N5O7. The van der Waals surface area contributed by atoms with E-state index >= 15 is 0 Å². The molecule has 9 N–H and O–H groups in total. The molecule has 29 heavy (non-hydrogen) atoms. The lowest BCUT2D eigenvalue weighted by molar-refractivity contribution is -0.143. The first-order valence-corrected chi connectivity index (χ1v) is 9.17. The summed E-state index contributed by atoms with van der Waals surface area (Å²) in [4.78, 5) is 58.9. The van der Waals surface area contributed by atoms with Crippen LogP contribution in [0.1, 0.15) is 40.0 Å². The molecule has 0 aliphatic heterocycles. The highest BCUT2D eigenvalue weighted by atomic mass is 16.4. The minimum atomic E-state index is -1.24. The number of amides is 4. The van der Waals surface area contributed by atoms with Crippen molar-refractivity contribution in [3.63, 3.8) is 0 Å². The third-order valence-corrected chi connectivity index (χ3v) is 3.92.